The van der Waals surface area contributed by atoms with Crippen LogP contribution in [0.3, 0.4) is 0 Å². The molecule has 0 unspecified atom stereocenters. The lowest BCUT2D eigenvalue weighted by atomic mass is 9.97. The van der Waals surface area contributed by atoms with E-state index in [9.17, 15) is 0 Å². The summed E-state index contributed by atoms with van der Waals surface area (Å²) in [5, 5.41) is 7.23. The van der Waals surface area contributed by atoms with E-state index >= 15 is 0 Å². The Hall–Kier alpha value is -2.47. The fourth-order valence-corrected chi connectivity index (χ4v) is 3.15. The minimum absolute atomic E-state index is 0.120. The minimum atomic E-state index is 0.120. The molecule has 138 valence electrons. The number of benzene rings is 2. The quantitative estimate of drug-likeness (QED) is 0.728. The van der Waals surface area contributed by atoms with Gasteiger partial charge in [0.25, 0.3) is 0 Å². The third-order valence-electron chi connectivity index (χ3n) is 4.16. The molecular formula is C20H24N2O3S. The fourth-order valence-electron chi connectivity index (χ4n) is 2.89. The highest BCUT2D eigenvalue weighted by Crippen LogP contribution is 2.34. The first-order chi connectivity index (χ1) is 12.5. The van der Waals surface area contributed by atoms with Crippen LogP contribution in [0, 0.1) is 5.92 Å². The van der Waals surface area contributed by atoms with Crippen molar-refractivity contribution in [3.05, 3.63) is 48.0 Å². The van der Waals surface area contributed by atoms with Crippen LogP contribution in [-0.4, -0.2) is 19.0 Å². The molecule has 0 aromatic heterocycles. The Morgan fingerprint density at radius 3 is 2.54 bits per heavy atom. The molecule has 0 saturated carbocycles. The number of hydrogen-bond acceptors (Lipinski definition) is 4. The zero-order valence-corrected chi connectivity index (χ0v) is 16.1. The molecule has 0 radical (unpaired) electrons. The van der Waals surface area contributed by atoms with Gasteiger partial charge in [-0.25, -0.2) is 0 Å². The summed E-state index contributed by atoms with van der Waals surface area (Å²) in [6.07, 6.45) is 0.968. The van der Waals surface area contributed by atoms with Crippen LogP contribution in [-0.2, 0) is 0 Å². The molecule has 5 nitrogen and oxygen atoms in total. The van der Waals surface area contributed by atoms with Gasteiger partial charge >= 0.3 is 0 Å². The molecule has 26 heavy (non-hydrogen) atoms. The van der Waals surface area contributed by atoms with E-state index in [0.29, 0.717) is 11.0 Å². The van der Waals surface area contributed by atoms with E-state index in [0.717, 1.165) is 29.4 Å². The number of nitrogens with one attached hydrogen (secondary N) is 2. The monoisotopic (exact) mass is 372 g/mol. The predicted octanol–water partition coefficient (Wildman–Crippen LogP) is 4.50. The van der Waals surface area contributed by atoms with Gasteiger partial charge in [0, 0.05) is 11.8 Å². The van der Waals surface area contributed by atoms with Crippen molar-refractivity contribution >= 4 is 23.0 Å². The number of fused-ring (bicyclic) bond motifs is 1. The summed E-state index contributed by atoms with van der Waals surface area (Å²) < 4.78 is 16.0. The van der Waals surface area contributed by atoms with Crippen molar-refractivity contribution in [3.63, 3.8) is 0 Å². The molecule has 1 aliphatic rings. The summed E-state index contributed by atoms with van der Waals surface area (Å²) in [5.74, 6) is 2.86. The van der Waals surface area contributed by atoms with Gasteiger partial charge in [0.05, 0.1) is 13.2 Å². The molecule has 2 N–H and O–H groups in total. The number of rotatable bonds is 6. The summed E-state index contributed by atoms with van der Waals surface area (Å²) in [5.41, 5.74) is 2.04. The highest BCUT2D eigenvalue weighted by Gasteiger charge is 2.17. The largest absolute Gasteiger partial charge is 0.497 e. The van der Waals surface area contributed by atoms with Crippen molar-refractivity contribution in [1.29, 1.82) is 0 Å². The zero-order chi connectivity index (χ0) is 18.5. The first-order valence-electron chi connectivity index (χ1n) is 8.66. The van der Waals surface area contributed by atoms with Crippen LogP contribution in [0.25, 0.3) is 0 Å². The Balaban J connectivity index is 1.68. The van der Waals surface area contributed by atoms with Gasteiger partial charge in [-0.2, -0.15) is 0 Å². The van der Waals surface area contributed by atoms with Crippen LogP contribution >= 0.6 is 12.2 Å². The zero-order valence-electron chi connectivity index (χ0n) is 15.2. The van der Waals surface area contributed by atoms with Gasteiger partial charge in [-0.3, -0.25) is 0 Å². The Bertz CT molecular complexity index is 762. The van der Waals surface area contributed by atoms with Gasteiger partial charge in [-0.15, -0.1) is 0 Å². The molecule has 2 aromatic carbocycles. The fraction of sp³-hybridized carbons (Fsp3) is 0.350. The Morgan fingerprint density at radius 2 is 1.85 bits per heavy atom. The van der Waals surface area contributed by atoms with E-state index in [1.54, 1.807) is 7.11 Å². The summed E-state index contributed by atoms with van der Waals surface area (Å²) in [7, 11) is 1.67. The maximum atomic E-state index is 5.52. The van der Waals surface area contributed by atoms with Gasteiger partial charge in [-0.1, -0.05) is 26.0 Å². The van der Waals surface area contributed by atoms with Gasteiger partial charge in [0.1, 0.15) is 5.75 Å². The van der Waals surface area contributed by atoms with Crippen molar-refractivity contribution in [2.75, 3.05) is 19.2 Å². The average Bonchev–Trinajstić information content (AvgIpc) is 3.08. The molecule has 1 atom stereocenters. The topological polar surface area (TPSA) is 51.8 Å². The lowest BCUT2D eigenvalue weighted by Gasteiger charge is -2.23. The molecular weight excluding hydrogens is 348 g/mol. The van der Waals surface area contributed by atoms with Gasteiger partial charge in [0.15, 0.2) is 16.6 Å². The molecule has 0 amide bonds. The second-order valence-electron chi connectivity index (χ2n) is 6.62. The van der Waals surface area contributed by atoms with Crippen LogP contribution in [0.4, 0.5) is 5.69 Å². The maximum Gasteiger partial charge on any atom is 0.231 e. The van der Waals surface area contributed by atoms with Crippen LogP contribution < -0.4 is 24.8 Å². The molecule has 1 aliphatic heterocycles. The minimum Gasteiger partial charge on any atom is -0.497 e. The van der Waals surface area contributed by atoms with E-state index in [-0.39, 0.29) is 12.8 Å². The number of ether oxygens (including phenoxy) is 3. The molecule has 0 bridgehead atoms. The summed E-state index contributed by atoms with van der Waals surface area (Å²) in [6, 6.07) is 13.9. The second-order valence-corrected chi connectivity index (χ2v) is 7.03. The number of thiocarbonyl (C=S) groups is 1. The molecule has 0 fully saturated rings. The average molecular weight is 372 g/mol. The molecule has 6 heteroatoms. The molecule has 0 spiro atoms. The molecule has 1 heterocycles. The smallest absolute Gasteiger partial charge is 0.231 e. The van der Waals surface area contributed by atoms with Crippen LogP contribution in [0.5, 0.6) is 17.2 Å². The molecule has 0 saturated heterocycles. The van der Waals surface area contributed by atoms with Gasteiger partial charge in [-0.05, 0) is 54.4 Å². The van der Waals surface area contributed by atoms with Crippen molar-refractivity contribution in [3.8, 4) is 17.2 Å². The highest BCUT2D eigenvalue weighted by atomic mass is 32.1. The standard InChI is InChI=1S/C20H24N2O3S/c1-13(2)10-17(14-4-7-16(23-3)8-5-14)22-20(26)21-15-6-9-18-19(11-15)25-12-24-18/h4-9,11,13,17H,10,12H2,1-3H3,(H2,21,22,26)/t17-/m1/s1. The first kappa shape index (κ1) is 18.3. The highest BCUT2D eigenvalue weighted by molar-refractivity contribution is 7.80. The van der Waals surface area contributed by atoms with Crippen molar-refractivity contribution < 1.29 is 14.2 Å². The second kappa shape index (κ2) is 8.27. The van der Waals surface area contributed by atoms with Gasteiger partial charge < -0.3 is 24.8 Å². The predicted molar refractivity (Wildman–Crippen MR) is 107 cm³/mol. The maximum absolute atomic E-state index is 5.52. The summed E-state index contributed by atoms with van der Waals surface area (Å²) in [4.78, 5) is 0. The third kappa shape index (κ3) is 4.58. The van der Waals surface area contributed by atoms with Crippen LogP contribution in [0.15, 0.2) is 42.5 Å². The van der Waals surface area contributed by atoms with Crippen LogP contribution in [0.1, 0.15) is 31.9 Å². The number of hydrogen-bond donors (Lipinski definition) is 2. The molecule has 0 aliphatic carbocycles. The van der Waals surface area contributed by atoms with E-state index in [1.165, 1.54) is 5.56 Å². The van der Waals surface area contributed by atoms with E-state index < -0.39 is 0 Å². The number of anilines is 1. The van der Waals surface area contributed by atoms with Crippen LogP contribution in [0.2, 0.25) is 0 Å². The first-order valence-corrected chi connectivity index (χ1v) is 9.07. The van der Waals surface area contributed by atoms with Crippen molar-refractivity contribution in [2.45, 2.75) is 26.3 Å². The molecule has 2 aromatic rings. The Kier molecular flexibility index (Phi) is 5.83. The van der Waals surface area contributed by atoms with Gasteiger partial charge in [0.2, 0.25) is 6.79 Å². The third-order valence-corrected chi connectivity index (χ3v) is 4.38. The normalized spacial score (nSPS) is 13.4. The molecule has 3 rings (SSSR count). The van der Waals surface area contributed by atoms with Crippen molar-refractivity contribution in [2.24, 2.45) is 5.92 Å². The van der Waals surface area contributed by atoms with E-state index in [2.05, 4.69) is 36.6 Å². The summed E-state index contributed by atoms with van der Waals surface area (Å²) >= 11 is 5.52. The van der Waals surface area contributed by atoms with Crippen molar-refractivity contribution in [1.82, 2.24) is 5.32 Å². The Labute approximate surface area is 159 Å². The lowest BCUT2D eigenvalue weighted by Crippen LogP contribution is -2.33. The van der Waals surface area contributed by atoms with E-state index in [4.69, 9.17) is 26.4 Å². The summed E-state index contributed by atoms with van der Waals surface area (Å²) in [6.45, 7) is 4.66. The van der Waals surface area contributed by atoms with E-state index in [1.807, 2.05) is 30.3 Å². The SMILES string of the molecule is COc1ccc([C@@H](CC(C)C)NC(=S)Nc2ccc3c(c2)OCO3)cc1. The Morgan fingerprint density at radius 1 is 1.12 bits per heavy atom. The number of methoxy groups -OCH3 is 1. The lowest BCUT2D eigenvalue weighted by molar-refractivity contribution is 0.174.